The second-order valence-corrected chi connectivity index (χ2v) is 3.20. The molecule has 15 heavy (non-hydrogen) atoms. The van der Waals surface area contributed by atoms with Crippen LogP contribution in [0.1, 0.15) is 5.69 Å². The number of amidine groups is 1. The van der Waals surface area contributed by atoms with Gasteiger partial charge in [-0.2, -0.15) is 0 Å². The van der Waals surface area contributed by atoms with E-state index in [0.29, 0.717) is 12.3 Å². The zero-order valence-corrected chi connectivity index (χ0v) is 9.03. The second kappa shape index (κ2) is 5.31. The van der Waals surface area contributed by atoms with Crippen molar-refractivity contribution in [1.29, 1.82) is 5.41 Å². The standard InChI is InChI=1S/C10H16N4O/c1-14(6-7-15-2)8-4-3-5-13-9(8)10(11)12/h3-5H,6-7H2,1-2H3,(H3,11,12). The van der Waals surface area contributed by atoms with Gasteiger partial charge in [-0.05, 0) is 12.1 Å². The summed E-state index contributed by atoms with van der Waals surface area (Å²) in [5, 5.41) is 7.40. The van der Waals surface area contributed by atoms with Crippen LogP contribution in [0, 0.1) is 5.41 Å². The summed E-state index contributed by atoms with van der Waals surface area (Å²) in [6.07, 6.45) is 1.63. The van der Waals surface area contributed by atoms with Crippen LogP contribution in [0.5, 0.6) is 0 Å². The maximum atomic E-state index is 7.40. The number of nitrogen functional groups attached to an aromatic ring is 1. The SMILES string of the molecule is COCCN(C)c1cccnc1C(=N)N. The Morgan fingerprint density at radius 1 is 1.67 bits per heavy atom. The van der Waals surface area contributed by atoms with Crippen LogP contribution in [0.4, 0.5) is 5.69 Å². The number of ether oxygens (including phenoxy) is 1. The van der Waals surface area contributed by atoms with Gasteiger partial charge in [0.15, 0.2) is 0 Å². The first-order chi connectivity index (χ1) is 7.16. The van der Waals surface area contributed by atoms with Crippen LogP contribution in [0.15, 0.2) is 18.3 Å². The van der Waals surface area contributed by atoms with Crippen LogP contribution < -0.4 is 10.6 Å². The molecular weight excluding hydrogens is 192 g/mol. The lowest BCUT2D eigenvalue weighted by molar-refractivity contribution is 0.206. The van der Waals surface area contributed by atoms with Crippen LogP contribution in [0.3, 0.4) is 0 Å². The van der Waals surface area contributed by atoms with Gasteiger partial charge in [-0.3, -0.25) is 10.4 Å². The average Bonchev–Trinajstić information content (AvgIpc) is 2.25. The van der Waals surface area contributed by atoms with E-state index >= 15 is 0 Å². The van der Waals surface area contributed by atoms with Crippen molar-refractivity contribution in [2.24, 2.45) is 5.73 Å². The molecule has 1 heterocycles. The Labute approximate surface area is 89.4 Å². The Kier molecular flexibility index (Phi) is 4.05. The van der Waals surface area contributed by atoms with Gasteiger partial charge in [-0.15, -0.1) is 0 Å². The molecule has 0 aromatic carbocycles. The molecule has 1 rings (SSSR count). The van der Waals surface area contributed by atoms with Crippen molar-refractivity contribution >= 4 is 11.5 Å². The van der Waals surface area contributed by atoms with E-state index < -0.39 is 0 Å². The number of likely N-dealkylation sites (N-methyl/N-ethyl adjacent to an activating group) is 1. The Morgan fingerprint density at radius 3 is 3.00 bits per heavy atom. The first-order valence-corrected chi connectivity index (χ1v) is 4.66. The lowest BCUT2D eigenvalue weighted by Crippen LogP contribution is -2.26. The van der Waals surface area contributed by atoms with Crippen molar-refractivity contribution in [2.75, 3.05) is 32.2 Å². The number of methoxy groups -OCH3 is 1. The maximum absolute atomic E-state index is 7.40. The Bertz CT molecular complexity index is 340. The fraction of sp³-hybridized carbons (Fsp3) is 0.400. The maximum Gasteiger partial charge on any atom is 0.143 e. The summed E-state index contributed by atoms with van der Waals surface area (Å²) in [6.45, 7) is 1.37. The number of nitrogens with one attached hydrogen (secondary N) is 1. The first-order valence-electron chi connectivity index (χ1n) is 4.66. The summed E-state index contributed by atoms with van der Waals surface area (Å²) in [7, 11) is 3.57. The lowest BCUT2D eigenvalue weighted by Gasteiger charge is -2.20. The Hall–Kier alpha value is -1.62. The molecule has 82 valence electrons. The van der Waals surface area contributed by atoms with Crippen LogP contribution in [0.25, 0.3) is 0 Å². The fourth-order valence-electron chi connectivity index (χ4n) is 1.26. The average molecular weight is 208 g/mol. The normalized spacial score (nSPS) is 10.0. The minimum absolute atomic E-state index is 0.0186. The number of nitrogens with two attached hydrogens (primary N) is 1. The summed E-state index contributed by atoms with van der Waals surface area (Å²) in [5.74, 6) is -0.0186. The van der Waals surface area contributed by atoms with Gasteiger partial charge in [-0.1, -0.05) is 0 Å². The number of nitrogens with zero attached hydrogens (tertiary/aromatic N) is 2. The predicted molar refractivity (Wildman–Crippen MR) is 60.4 cm³/mol. The van der Waals surface area contributed by atoms with Gasteiger partial charge < -0.3 is 15.4 Å². The number of pyridine rings is 1. The molecule has 0 aliphatic rings. The second-order valence-electron chi connectivity index (χ2n) is 3.20. The number of aromatic nitrogens is 1. The third-order valence-electron chi connectivity index (χ3n) is 2.08. The Morgan fingerprint density at radius 2 is 2.40 bits per heavy atom. The minimum atomic E-state index is -0.0186. The van der Waals surface area contributed by atoms with E-state index in [-0.39, 0.29) is 5.84 Å². The number of anilines is 1. The number of hydrogen-bond donors (Lipinski definition) is 2. The van der Waals surface area contributed by atoms with Crippen molar-refractivity contribution in [3.8, 4) is 0 Å². The largest absolute Gasteiger partial charge is 0.383 e. The summed E-state index contributed by atoms with van der Waals surface area (Å²) >= 11 is 0. The highest BCUT2D eigenvalue weighted by Gasteiger charge is 2.09. The van der Waals surface area contributed by atoms with E-state index in [1.807, 2.05) is 24.1 Å². The zero-order chi connectivity index (χ0) is 11.3. The summed E-state index contributed by atoms with van der Waals surface area (Å²) in [5.41, 5.74) is 6.80. The van der Waals surface area contributed by atoms with E-state index in [4.69, 9.17) is 15.9 Å². The molecule has 0 bridgehead atoms. The number of rotatable bonds is 5. The monoisotopic (exact) mass is 208 g/mol. The molecule has 0 saturated carbocycles. The van der Waals surface area contributed by atoms with E-state index in [2.05, 4.69) is 4.98 Å². The first kappa shape index (κ1) is 11.5. The van der Waals surface area contributed by atoms with Gasteiger partial charge in [0.2, 0.25) is 0 Å². The molecule has 5 heteroatoms. The topological polar surface area (TPSA) is 75.2 Å². The highest BCUT2D eigenvalue weighted by Crippen LogP contribution is 2.15. The molecule has 0 radical (unpaired) electrons. The minimum Gasteiger partial charge on any atom is -0.383 e. The van der Waals surface area contributed by atoms with Gasteiger partial charge in [0.25, 0.3) is 0 Å². The third kappa shape index (κ3) is 2.92. The van der Waals surface area contributed by atoms with Gasteiger partial charge in [0, 0.05) is 26.9 Å². The third-order valence-corrected chi connectivity index (χ3v) is 2.08. The molecule has 5 nitrogen and oxygen atoms in total. The number of hydrogen-bond acceptors (Lipinski definition) is 4. The quantitative estimate of drug-likeness (QED) is 0.544. The smallest absolute Gasteiger partial charge is 0.143 e. The molecule has 1 aromatic rings. The molecule has 0 atom stereocenters. The molecule has 0 fully saturated rings. The van der Waals surface area contributed by atoms with Crippen LogP contribution in [-0.4, -0.2) is 38.1 Å². The zero-order valence-electron chi connectivity index (χ0n) is 9.03. The van der Waals surface area contributed by atoms with E-state index in [9.17, 15) is 0 Å². The molecule has 0 amide bonds. The summed E-state index contributed by atoms with van der Waals surface area (Å²) in [6, 6.07) is 3.71. The van der Waals surface area contributed by atoms with Crippen molar-refractivity contribution in [3.05, 3.63) is 24.0 Å². The molecule has 3 N–H and O–H groups in total. The van der Waals surface area contributed by atoms with Crippen LogP contribution >= 0.6 is 0 Å². The molecule has 0 spiro atoms. The summed E-state index contributed by atoms with van der Waals surface area (Å²) < 4.78 is 4.99. The van der Waals surface area contributed by atoms with Crippen LogP contribution in [0.2, 0.25) is 0 Å². The molecule has 1 aromatic heterocycles. The van der Waals surface area contributed by atoms with Crippen molar-refractivity contribution in [1.82, 2.24) is 4.98 Å². The van der Waals surface area contributed by atoms with Gasteiger partial charge in [-0.25, -0.2) is 0 Å². The molecular formula is C10H16N4O. The van der Waals surface area contributed by atoms with E-state index in [1.54, 1.807) is 13.3 Å². The van der Waals surface area contributed by atoms with Gasteiger partial charge in [0.05, 0.1) is 12.3 Å². The fourth-order valence-corrected chi connectivity index (χ4v) is 1.26. The molecule has 0 aliphatic heterocycles. The molecule has 0 unspecified atom stereocenters. The van der Waals surface area contributed by atoms with Crippen molar-refractivity contribution in [3.63, 3.8) is 0 Å². The van der Waals surface area contributed by atoms with Gasteiger partial charge in [0.1, 0.15) is 11.5 Å². The van der Waals surface area contributed by atoms with E-state index in [0.717, 1.165) is 12.2 Å². The van der Waals surface area contributed by atoms with Gasteiger partial charge >= 0.3 is 0 Å². The molecule has 0 saturated heterocycles. The molecule has 0 aliphatic carbocycles. The lowest BCUT2D eigenvalue weighted by atomic mass is 10.2. The Balaban J connectivity index is 2.87. The van der Waals surface area contributed by atoms with Crippen LogP contribution in [-0.2, 0) is 4.74 Å². The highest BCUT2D eigenvalue weighted by atomic mass is 16.5. The van der Waals surface area contributed by atoms with Crippen molar-refractivity contribution in [2.45, 2.75) is 0 Å². The van der Waals surface area contributed by atoms with E-state index in [1.165, 1.54) is 0 Å². The summed E-state index contributed by atoms with van der Waals surface area (Å²) in [4.78, 5) is 6.04. The predicted octanol–water partition coefficient (Wildman–Crippen LogP) is 0.448. The van der Waals surface area contributed by atoms with Crippen molar-refractivity contribution < 1.29 is 4.74 Å². The highest BCUT2D eigenvalue weighted by molar-refractivity contribution is 5.98.